The van der Waals surface area contributed by atoms with Gasteiger partial charge in [0, 0.05) is 56.6 Å². The van der Waals surface area contributed by atoms with Crippen molar-refractivity contribution in [3.63, 3.8) is 0 Å². The summed E-state index contributed by atoms with van der Waals surface area (Å²) in [5, 5.41) is 0. The summed E-state index contributed by atoms with van der Waals surface area (Å²) >= 11 is 0. The number of morpholine rings is 1. The third-order valence-electron chi connectivity index (χ3n) is 6.56. The molecule has 178 valence electrons. The molecular formula is C26H32N6O2. The number of hydrogen-bond donors (Lipinski definition) is 0. The Morgan fingerprint density at radius 2 is 1.82 bits per heavy atom. The minimum Gasteiger partial charge on any atom is -0.497 e. The van der Waals surface area contributed by atoms with Gasteiger partial charge in [-0.15, -0.1) is 0 Å². The van der Waals surface area contributed by atoms with E-state index in [0.29, 0.717) is 13.2 Å². The molecule has 0 aliphatic carbocycles. The Balaban J connectivity index is 1.47. The fourth-order valence-electron chi connectivity index (χ4n) is 4.70. The largest absolute Gasteiger partial charge is 0.497 e. The average Bonchev–Trinajstić information content (AvgIpc) is 2.89. The molecule has 8 heteroatoms. The van der Waals surface area contributed by atoms with Gasteiger partial charge in [0.15, 0.2) is 0 Å². The highest BCUT2D eigenvalue weighted by atomic mass is 16.5. The zero-order chi connectivity index (χ0) is 23.5. The van der Waals surface area contributed by atoms with E-state index >= 15 is 0 Å². The van der Waals surface area contributed by atoms with Crippen LogP contribution in [0.15, 0.2) is 48.7 Å². The standard InChI is InChI=1S/C26H32N6O2/c1-19-6-5-9-27-25(19)31-10-11-32(20(2)18-31)24-17-23(21-7-4-8-22(16-21)33-3)28-26(29-24)30-12-14-34-15-13-30/h4-9,16-17,20H,10-15,18H2,1-3H3/t20-/m1/s1. The van der Waals surface area contributed by atoms with Crippen molar-refractivity contribution in [1.29, 1.82) is 0 Å². The van der Waals surface area contributed by atoms with Gasteiger partial charge in [0.25, 0.3) is 0 Å². The van der Waals surface area contributed by atoms with Crippen LogP contribution >= 0.6 is 0 Å². The van der Waals surface area contributed by atoms with Gasteiger partial charge in [-0.3, -0.25) is 0 Å². The normalized spacial score (nSPS) is 18.8. The Morgan fingerprint density at radius 1 is 0.971 bits per heavy atom. The Hall–Kier alpha value is -3.39. The van der Waals surface area contributed by atoms with Crippen molar-refractivity contribution in [3.05, 3.63) is 54.2 Å². The number of benzene rings is 1. The van der Waals surface area contributed by atoms with Crippen LogP contribution in [0.3, 0.4) is 0 Å². The number of rotatable bonds is 5. The molecule has 2 fully saturated rings. The van der Waals surface area contributed by atoms with Crippen molar-refractivity contribution in [2.45, 2.75) is 19.9 Å². The highest BCUT2D eigenvalue weighted by molar-refractivity contribution is 5.67. The van der Waals surface area contributed by atoms with Crippen LogP contribution in [0.5, 0.6) is 5.75 Å². The molecule has 0 spiro atoms. The lowest BCUT2D eigenvalue weighted by Crippen LogP contribution is -2.53. The van der Waals surface area contributed by atoms with Crippen LogP contribution in [0.4, 0.5) is 17.6 Å². The summed E-state index contributed by atoms with van der Waals surface area (Å²) in [5.41, 5.74) is 3.13. The molecule has 0 N–H and O–H groups in total. The first-order valence-corrected chi connectivity index (χ1v) is 11.9. The molecule has 8 nitrogen and oxygen atoms in total. The number of anilines is 3. The number of pyridine rings is 1. The lowest BCUT2D eigenvalue weighted by atomic mass is 10.1. The van der Waals surface area contributed by atoms with Crippen molar-refractivity contribution in [2.24, 2.45) is 0 Å². The van der Waals surface area contributed by atoms with Crippen LogP contribution in [0.2, 0.25) is 0 Å². The summed E-state index contributed by atoms with van der Waals surface area (Å²) in [6.07, 6.45) is 1.87. The van der Waals surface area contributed by atoms with E-state index in [2.05, 4.69) is 51.7 Å². The van der Waals surface area contributed by atoms with Gasteiger partial charge in [0.1, 0.15) is 17.4 Å². The summed E-state index contributed by atoms with van der Waals surface area (Å²) < 4.78 is 11.0. The van der Waals surface area contributed by atoms with Crippen molar-refractivity contribution in [3.8, 4) is 17.0 Å². The Bertz CT molecular complexity index is 1130. The SMILES string of the molecule is COc1cccc(-c2cc(N3CCN(c4ncccc4C)C[C@H]3C)nc(N3CCOCC3)n2)c1. The maximum absolute atomic E-state index is 5.56. The smallest absolute Gasteiger partial charge is 0.228 e. The lowest BCUT2D eigenvalue weighted by molar-refractivity contribution is 0.122. The third kappa shape index (κ3) is 4.63. The second-order valence-electron chi connectivity index (χ2n) is 8.88. The van der Waals surface area contributed by atoms with E-state index in [4.69, 9.17) is 19.4 Å². The van der Waals surface area contributed by atoms with Gasteiger partial charge in [-0.05, 0) is 37.6 Å². The quantitative estimate of drug-likeness (QED) is 0.574. The highest BCUT2D eigenvalue weighted by Crippen LogP contribution is 2.30. The van der Waals surface area contributed by atoms with E-state index in [0.717, 1.165) is 67.3 Å². The molecule has 1 aromatic carbocycles. The van der Waals surface area contributed by atoms with Gasteiger partial charge in [-0.1, -0.05) is 18.2 Å². The summed E-state index contributed by atoms with van der Waals surface area (Å²) in [7, 11) is 1.69. The van der Waals surface area contributed by atoms with Crippen molar-refractivity contribution in [2.75, 3.05) is 67.7 Å². The van der Waals surface area contributed by atoms with Gasteiger partial charge in [0.2, 0.25) is 5.95 Å². The summed E-state index contributed by atoms with van der Waals surface area (Å²) in [6.45, 7) is 10.0. The predicted molar refractivity (Wildman–Crippen MR) is 135 cm³/mol. The van der Waals surface area contributed by atoms with Crippen LogP contribution in [-0.2, 0) is 4.74 Å². The summed E-state index contributed by atoms with van der Waals surface area (Å²) in [6, 6.07) is 14.6. The van der Waals surface area contributed by atoms with E-state index in [-0.39, 0.29) is 6.04 Å². The highest BCUT2D eigenvalue weighted by Gasteiger charge is 2.28. The molecule has 0 radical (unpaired) electrons. The van der Waals surface area contributed by atoms with E-state index in [1.54, 1.807) is 7.11 Å². The molecule has 0 amide bonds. The molecule has 2 aliphatic heterocycles. The second-order valence-corrected chi connectivity index (χ2v) is 8.88. The first-order chi connectivity index (χ1) is 16.6. The molecule has 0 unspecified atom stereocenters. The Labute approximate surface area is 201 Å². The number of piperazine rings is 1. The molecule has 0 bridgehead atoms. The van der Waals surface area contributed by atoms with E-state index < -0.39 is 0 Å². The summed E-state index contributed by atoms with van der Waals surface area (Å²) in [4.78, 5) is 21.6. The predicted octanol–water partition coefficient (Wildman–Crippen LogP) is 3.41. The lowest BCUT2D eigenvalue weighted by Gasteiger charge is -2.41. The molecule has 5 rings (SSSR count). The van der Waals surface area contributed by atoms with Gasteiger partial charge in [-0.25, -0.2) is 9.97 Å². The van der Waals surface area contributed by atoms with Crippen LogP contribution in [0.1, 0.15) is 12.5 Å². The van der Waals surface area contributed by atoms with Gasteiger partial charge >= 0.3 is 0 Å². The molecule has 34 heavy (non-hydrogen) atoms. The number of aryl methyl sites for hydroxylation is 1. The molecule has 2 aliphatic rings. The average molecular weight is 461 g/mol. The monoisotopic (exact) mass is 460 g/mol. The molecule has 2 saturated heterocycles. The van der Waals surface area contributed by atoms with Crippen LogP contribution < -0.4 is 19.4 Å². The second kappa shape index (κ2) is 9.85. The van der Waals surface area contributed by atoms with E-state index in [9.17, 15) is 0 Å². The maximum Gasteiger partial charge on any atom is 0.228 e. The first kappa shape index (κ1) is 22.4. The van der Waals surface area contributed by atoms with Crippen LogP contribution in [0, 0.1) is 6.92 Å². The molecule has 4 heterocycles. The van der Waals surface area contributed by atoms with Gasteiger partial charge in [-0.2, -0.15) is 4.98 Å². The van der Waals surface area contributed by atoms with E-state index in [1.807, 2.05) is 30.5 Å². The van der Waals surface area contributed by atoms with Gasteiger partial charge in [0.05, 0.1) is 26.0 Å². The maximum atomic E-state index is 5.56. The third-order valence-corrected chi connectivity index (χ3v) is 6.56. The topological polar surface area (TPSA) is 66.9 Å². The number of ether oxygens (including phenoxy) is 2. The number of methoxy groups -OCH3 is 1. The number of nitrogens with zero attached hydrogens (tertiary/aromatic N) is 6. The molecule has 3 aromatic rings. The van der Waals surface area contributed by atoms with Crippen molar-refractivity contribution < 1.29 is 9.47 Å². The number of hydrogen-bond acceptors (Lipinski definition) is 8. The fourth-order valence-corrected chi connectivity index (χ4v) is 4.70. The Morgan fingerprint density at radius 3 is 2.59 bits per heavy atom. The zero-order valence-electron chi connectivity index (χ0n) is 20.1. The molecular weight excluding hydrogens is 428 g/mol. The van der Waals surface area contributed by atoms with Gasteiger partial charge < -0.3 is 24.2 Å². The van der Waals surface area contributed by atoms with Crippen molar-refractivity contribution in [1.82, 2.24) is 15.0 Å². The van der Waals surface area contributed by atoms with Crippen molar-refractivity contribution >= 4 is 17.6 Å². The summed E-state index contributed by atoms with van der Waals surface area (Å²) in [5.74, 6) is 3.61. The van der Waals surface area contributed by atoms with Crippen LogP contribution in [-0.4, -0.2) is 74.0 Å². The minimum absolute atomic E-state index is 0.278. The van der Waals surface area contributed by atoms with Crippen LogP contribution in [0.25, 0.3) is 11.3 Å². The van der Waals surface area contributed by atoms with E-state index in [1.165, 1.54) is 5.56 Å². The molecule has 1 atom stereocenters. The zero-order valence-corrected chi connectivity index (χ0v) is 20.1. The fraction of sp³-hybridized carbons (Fsp3) is 0.423. The number of aromatic nitrogens is 3. The first-order valence-electron chi connectivity index (χ1n) is 11.9. The molecule has 0 saturated carbocycles. The molecule has 2 aromatic heterocycles. The Kier molecular flexibility index (Phi) is 6.49. The minimum atomic E-state index is 0.278.